The molecule has 0 spiro atoms. The lowest BCUT2D eigenvalue weighted by Gasteiger charge is -2.21. The van der Waals surface area contributed by atoms with E-state index in [4.69, 9.17) is 14.8 Å². The van der Waals surface area contributed by atoms with Gasteiger partial charge >= 0.3 is 0 Å². The zero-order chi connectivity index (χ0) is 15.1. The van der Waals surface area contributed by atoms with Crippen LogP contribution >= 0.6 is 0 Å². The number of hydrogen-bond acceptors (Lipinski definition) is 3. The Morgan fingerprint density at radius 3 is 2.64 bits per heavy atom. The highest BCUT2D eigenvalue weighted by molar-refractivity contribution is 6.18. The first-order valence-electron chi connectivity index (χ1n) is 7.44. The van der Waals surface area contributed by atoms with E-state index in [2.05, 4.69) is 41.9 Å². The molecule has 0 saturated carbocycles. The number of hydrogen-bond donors (Lipinski definition) is 0. The lowest BCUT2D eigenvalue weighted by atomic mass is 10.0. The molecular formula is C18H17N3O. The second-order valence-corrected chi connectivity index (χ2v) is 5.58. The number of benzene rings is 2. The third-order valence-corrected chi connectivity index (χ3v) is 4.12. The summed E-state index contributed by atoms with van der Waals surface area (Å²) in [7, 11) is 1.68. The van der Waals surface area contributed by atoms with Gasteiger partial charge in [0.1, 0.15) is 5.75 Å². The molecule has 4 rings (SSSR count). The molecule has 0 amide bonds. The average molecular weight is 291 g/mol. The van der Waals surface area contributed by atoms with Crippen molar-refractivity contribution in [2.75, 3.05) is 13.7 Å². The van der Waals surface area contributed by atoms with Crippen LogP contribution in [0.3, 0.4) is 0 Å². The summed E-state index contributed by atoms with van der Waals surface area (Å²) in [5.41, 5.74) is 4.24. The Labute approximate surface area is 129 Å². The van der Waals surface area contributed by atoms with Gasteiger partial charge < -0.3 is 4.74 Å². The summed E-state index contributed by atoms with van der Waals surface area (Å²) in [4.78, 5) is 4.81. The van der Waals surface area contributed by atoms with Gasteiger partial charge in [0.15, 0.2) is 0 Å². The van der Waals surface area contributed by atoms with Crippen molar-refractivity contribution in [2.24, 2.45) is 4.99 Å². The number of ether oxygens (including phenoxy) is 1. The highest BCUT2D eigenvalue weighted by Crippen LogP contribution is 2.28. The van der Waals surface area contributed by atoms with Crippen LogP contribution in [0, 0.1) is 0 Å². The van der Waals surface area contributed by atoms with Crippen LogP contribution in [-0.4, -0.2) is 29.1 Å². The molecule has 0 fully saturated rings. The van der Waals surface area contributed by atoms with E-state index in [1.807, 2.05) is 18.2 Å². The lowest BCUT2D eigenvalue weighted by Crippen LogP contribution is -2.23. The van der Waals surface area contributed by atoms with Crippen LogP contribution < -0.4 is 4.74 Å². The van der Waals surface area contributed by atoms with E-state index in [0.29, 0.717) is 0 Å². The van der Waals surface area contributed by atoms with Gasteiger partial charge in [-0.2, -0.15) is 5.10 Å². The maximum atomic E-state index is 5.24. The molecule has 2 heterocycles. The molecule has 3 aromatic rings. The van der Waals surface area contributed by atoms with E-state index in [-0.39, 0.29) is 6.04 Å². The zero-order valence-electron chi connectivity index (χ0n) is 12.7. The van der Waals surface area contributed by atoms with Gasteiger partial charge in [-0.1, -0.05) is 18.2 Å². The van der Waals surface area contributed by atoms with Crippen LogP contribution in [0.5, 0.6) is 5.75 Å². The van der Waals surface area contributed by atoms with Crippen LogP contribution in [0.4, 0.5) is 0 Å². The molecule has 110 valence electrons. The van der Waals surface area contributed by atoms with Gasteiger partial charge in [0.25, 0.3) is 0 Å². The summed E-state index contributed by atoms with van der Waals surface area (Å²) in [6.45, 7) is 2.91. The summed E-state index contributed by atoms with van der Waals surface area (Å²) < 4.78 is 7.35. The maximum absolute atomic E-state index is 5.24. The smallest absolute Gasteiger partial charge is 0.118 e. The number of aromatic nitrogens is 2. The van der Waals surface area contributed by atoms with Crippen molar-refractivity contribution < 1.29 is 4.74 Å². The first-order valence-corrected chi connectivity index (χ1v) is 7.44. The molecule has 0 bridgehead atoms. The van der Waals surface area contributed by atoms with Crippen molar-refractivity contribution in [3.05, 3.63) is 59.8 Å². The van der Waals surface area contributed by atoms with Gasteiger partial charge in [-0.3, -0.25) is 9.67 Å². The fourth-order valence-corrected chi connectivity index (χ4v) is 2.96. The molecule has 0 N–H and O–H groups in total. The number of rotatable bonds is 2. The molecule has 1 aliphatic rings. The van der Waals surface area contributed by atoms with E-state index in [1.54, 1.807) is 7.11 Å². The van der Waals surface area contributed by atoms with Crippen LogP contribution in [0.15, 0.2) is 53.5 Å². The molecule has 22 heavy (non-hydrogen) atoms. The Bertz CT molecular complexity index is 862. The third-order valence-electron chi connectivity index (χ3n) is 4.12. The van der Waals surface area contributed by atoms with Crippen LogP contribution in [0.1, 0.15) is 24.2 Å². The number of fused-ring (bicyclic) bond motifs is 3. The second-order valence-electron chi connectivity index (χ2n) is 5.58. The number of methoxy groups -OCH3 is 1. The van der Waals surface area contributed by atoms with Crippen molar-refractivity contribution in [3.8, 4) is 5.75 Å². The van der Waals surface area contributed by atoms with Gasteiger partial charge in [0.05, 0.1) is 36.6 Å². The first-order chi connectivity index (χ1) is 10.8. The van der Waals surface area contributed by atoms with Crippen molar-refractivity contribution in [2.45, 2.75) is 13.0 Å². The molecule has 2 aromatic carbocycles. The normalized spacial score (nSPS) is 17.2. The van der Waals surface area contributed by atoms with Crippen LogP contribution in [-0.2, 0) is 0 Å². The quantitative estimate of drug-likeness (QED) is 0.725. The molecular weight excluding hydrogens is 274 g/mol. The Morgan fingerprint density at radius 2 is 1.86 bits per heavy atom. The Balaban J connectivity index is 1.91. The molecule has 1 aromatic heterocycles. The monoisotopic (exact) mass is 291 g/mol. The minimum atomic E-state index is 0.282. The fraction of sp³-hybridized carbons (Fsp3) is 0.222. The van der Waals surface area contributed by atoms with Crippen molar-refractivity contribution in [1.29, 1.82) is 0 Å². The van der Waals surface area contributed by atoms with Gasteiger partial charge in [-0.25, -0.2) is 0 Å². The van der Waals surface area contributed by atoms with Crippen LogP contribution in [0.25, 0.3) is 10.9 Å². The van der Waals surface area contributed by atoms with Gasteiger partial charge in [-0.15, -0.1) is 0 Å². The molecule has 4 nitrogen and oxygen atoms in total. The second kappa shape index (κ2) is 4.98. The van der Waals surface area contributed by atoms with Gasteiger partial charge in [-0.05, 0) is 37.3 Å². The predicted molar refractivity (Wildman–Crippen MR) is 87.9 cm³/mol. The zero-order valence-corrected chi connectivity index (χ0v) is 12.7. The highest BCUT2D eigenvalue weighted by Gasteiger charge is 2.24. The topological polar surface area (TPSA) is 39.4 Å². The Hall–Kier alpha value is -2.62. The van der Waals surface area contributed by atoms with Crippen LogP contribution in [0.2, 0.25) is 0 Å². The van der Waals surface area contributed by atoms with Gasteiger partial charge in [0, 0.05) is 10.9 Å². The minimum Gasteiger partial charge on any atom is -0.497 e. The fourth-order valence-electron chi connectivity index (χ4n) is 2.96. The van der Waals surface area contributed by atoms with Crippen molar-refractivity contribution >= 4 is 16.6 Å². The molecule has 0 saturated heterocycles. The summed E-state index contributed by atoms with van der Waals surface area (Å²) in [6, 6.07) is 16.6. The van der Waals surface area contributed by atoms with Gasteiger partial charge in [0.2, 0.25) is 0 Å². The predicted octanol–water partition coefficient (Wildman–Crippen LogP) is 3.46. The molecule has 0 aliphatic carbocycles. The van der Waals surface area contributed by atoms with Crippen molar-refractivity contribution in [3.63, 3.8) is 0 Å². The standard InChI is InChI=1S/C18H17N3O/c1-12-11-19-17(13-7-9-14(22-2)10-8-13)18-15-5-3-4-6-16(15)20-21(12)18/h3-10,12H,11H2,1-2H3. The third kappa shape index (κ3) is 1.91. The van der Waals surface area contributed by atoms with E-state index in [0.717, 1.165) is 40.2 Å². The highest BCUT2D eigenvalue weighted by atomic mass is 16.5. The first kappa shape index (κ1) is 13.1. The molecule has 1 atom stereocenters. The van der Waals surface area contributed by atoms with Crippen molar-refractivity contribution in [1.82, 2.24) is 9.78 Å². The molecule has 1 aliphatic heterocycles. The summed E-state index contributed by atoms with van der Waals surface area (Å²) in [5.74, 6) is 0.854. The summed E-state index contributed by atoms with van der Waals surface area (Å²) in [6.07, 6.45) is 0. The van der Waals surface area contributed by atoms with E-state index in [9.17, 15) is 0 Å². The lowest BCUT2D eigenvalue weighted by molar-refractivity contribution is 0.415. The summed E-state index contributed by atoms with van der Waals surface area (Å²) in [5, 5.41) is 5.91. The summed E-state index contributed by atoms with van der Waals surface area (Å²) >= 11 is 0. The SMILES string of the molecule is COc1ccc(C2=NCC(C)n3nc4ccccc4c32)cc1. The largest absolute Gasteiger partial charge is 0.497 e. The maximum Gasteiger partial charge on any atom is 0.118 e. The molecule has 1 unspecified atom stereocenters. The van der Waals surface area contributed by atoms with E-state index < -0.39 is 0 Å². The Morgan fingerprint density at radius 1 is 1.09 bits per heavy atom. The number of nitrogens with zero attached hydrogens (tertiary/aromatic N) is 3. The molecule has 0 radical (unpaired) electrons. The Kier molecular flexibility index (Phi) is 2.96. The minimum absolute atomic E-state index is 0.282. The number of aliphatic imine (C=N–C) groups is 1. The van der Waals surface area contributed by atoms with E-state index in [1.165, 1.54) is 0 Å². The average Bonchev–Trinajstić information content (AvgIpc) is 2.96. The molecule has 4 heteroatoms. The van der Waals surface area contributed by atoms with E-state index >= 15 is 0 Å².